The Balaban J connectivity index is 2.19. The zero-order chi connectivity index (χ0) is 11.8. The first-order chi connectivity index (χ1) is 7.72. The van der Waals surface area contributed by atoms with Gasteiger partial charge in [0, 0.05) is 31.1 Å². The van der Waals surface area contributed by atoms with Gasteiger partial charge in [-0.05, 0) is 24.3 Å². The molecule has 16 heavy (non-hydrogen) atoms. The van der Waals surface area contributed by atoms with Crippen molar-refractivity contribution in [2.24, 2.45) is 5.11 Å². The molecule has 0 N–H and O–H groups in total. The third-order valence-corrected chi connectivity index (χ3v) is 2.61. The molecule has 0 amide bonds. The van der Waals surface area contributed by atoms with Crippen LogP contribution < -0.4 is 0 Å². The van der Waals surface area contributed by atoms with E-state index in [4.69, 9.17) is 10.3 Å². The molecule has 1 aliphatic rings. The predicted molar refractivity (Wildman–Crippen MR) is 64.0 cm³/mol. The maximum absolute atomic E-state index is 8.16. The summed E-state index contributed by atoms with van der Waals surface area (Å²) in [7, 11) is 0. The maximum atomic E-state index is 8.16. The Morgan fingerprint density at radius 1 is 1.56 bits per heavy atom. The van der Waals surface area contributed by atoms with Gasteiger partial charge in [0.1, 0.15) is 0 Å². The number of morpholine rings is 1. The average Bonchev–Trinajstić information content (AvgIpc) is 2.24. The van der Waals surface area contributed by atoms with Crippen molar-refractivity contribution >= 4 is 0 Å². The number of hydrogen-bond donors (Lipinski definition) is 0. The second-order valence-corrected chi connectivity index (χ2v) is 4.53. The van der Waals surface area contributed by atoms with Crippen molar-refractivity contribution < 1.29 is 4.74 Å². The van der Waals surface area contributed by atoms with Gasteiger partial charge in [-0.25, -0.2) is 0 Å². The summed E-state index contributed by atoms with van der Waals surface area (Å²) in [6.07, 6.45) is 2.21. The molecule has 1 saturated heterocycles. The zero-order valence-electron chi connectivity index (χ0n) is 10.2. The van der Waals surface area contributed by atoms with E-state index in [1.807, 2.05) is 0 Å². The van der Waals surface area contributed by atoms with Crippen molar-refractivity contribution in [1.82, 2.24) is 4.90 Å². The molecule has 5 heteroatoms. The highest BCUT2D eigenvalue weighted by molar-refractivity contribution is 4.84. The Morgan fingerprint density at radius 2 is 2.38 bits per heavy atom. The molecule has 0 aromatic carbocycles. The average molecular weight is 225 g/mol. The van der Waals surface area contributed by atoms with E-state index in [-0.39, 0.29) is 0 Å². The molecule has 1 heterocycles. The van der Waals surface area contributed by atoms with E-state index in [0.29, 0.717) is 12.6 Å². The Labute approximate surface area is 97.4 Å². The van der Waals surface area contributed by atoms with Gasteiger partial charge >= 0.3 is 0 Å². The van der Waals surface area contributed by atoms with Crippen LogP contribution in [0.2, 0.25) is 0 Å². The van der Waals surface area contributed by atoms with Gasteiger partial charge in [-0.3, -0.25) is 4.90 Å². The summed E-state index contributed by atoms with van der Waals surface area (Å²) in [6.45, 7) is 8.81. The molecule has 1 fully saturated rings. The van der Waals surface area contributed by atoms with Crippen LogP contribution in [-0.4, -0.2) is 43.8 Å². The summed E-state index contributed by atoms with van der Waals surface area (Å²) < 4.78 is 5.68. The minimum Gasteiger partial charge on any atom is -0.376 e. The predicted octanol–water partition coefficient (Wildman–Crippen LogP) is 2.39. The molecule has 0 aromatic rings. The molecule has 1 aliphatic heterocycles. The molecule has 1 rings (SSSR count). The molecule has 0 spiro atoms. The Bertz CT molecular complexity index is 238. The van der Waals surface area contributed by atoms with Crippen molar-refractivity contribution in [2.75, 3.05) is 32.8 Å². The van der Waals surface area contributed by atoms with Gasteiger partial charge in [-0.15, -0.1) is 0 Å². The van der Waals surface area contributed by atoms with Crippen LogP contribution in [0.1, 0.15) is 26.7 Å². The standard InChI is InChI=1S/C11H21N4O/c1-10(2)8-15-6-7-16-11(9-15)4-3-5-13-14-12/h11H,3-9H2,1-2H3/t11-/m1/s1. The van der Waals surface area contributed by atoms with Gasteiger partial charge in [0.25, 0.3) is 0 Å². The lowest BCUT2D eigenvalue weighted by atomic mass is 10.1. The minimum absolute atomic E-state index is 0.307. The van der Waals surface area contributed by atoms with Crippen LogP contribution >= 0.6 is 0 Å². The van der Waals surface area contributed by atoms with Crippen LogP contribution in [0.25, 0.3) is 10.4 Å². The molecule has 91 valence electrons. The Kier molecular flexibility index (Phi) is 6.23. The van der Waals surface area contributed by atoms with Gasteiger partial charge in [0.05, 0.1) is 12.7 Å². The number of hydrogen-bond acceptors (Lipinski definition) is 3. The second-order valence-electron chi connectivity index (χ2n) is 4.53. The van der Waals surface area contributed by atoms with E-state index in [9.17, 15) is 0 Å². The first-order valence-corrected chi connectivity index (χ1v) is 5.86. The summed E-state index contributed by atoms with van der Waals surface area (Å²) in [5.41, 5.74) is 8.16. The fourth-order valence-electron chi connectivity index (χ4n) is 1.98. The summed E-state index contributed by atoms with van der Waals surface area (Å²) in [5, 5.41) is 3.53. The van der Waals surface area contributed by atoms with Crippen molar-refractivity contribution in [1.29, 1.82) is 0 Å². The normalized spacial score (nSPS) is 22.1. The number of ether oxygens (including phenoxy) is 1. The quantitative estimate of drug-likeness (QED) is 0.301. The van der Waals surface area contributed by atoms with Crippen LogP contribution in [-0.2, 0) is 4.74 Å². The summed E-state index contributed by atoms with van der Waals surface area (Å²) in [4.78, 5) is 5.17. The fourth-order valence-corrected chi connectivity index (χ4v) is 1.98. The highest BCUT2D eigenvalue weighted by Gasteiger charge is 2.20. The summed E-state index contributed by atoms with van der Waals surface area (Å²) in [5.74, 6) is 1.44. The van der Waals surface area contributed by atoms with Crippen molar-refractivity contribution in [3.8, 4) is 0 Å². The molecular weight excluding hydrogens is 204 g/mol. The van der Waals surface area contributed by atoms with Crippen LogP contribution in [0.3, 0.4) is 0 Å². The number of nitrogens with zero attached hydrogens (tertiary/aromatic N) is 4. The minimum atomic E-state index is 0.307. The highest BCUT2D eigenvalue weighted by Crippen LogP contribution is 2.12. The molecule has 0 aromatic heterocycles. The summed E-state index contributed by atoms with van der Waals surface area (Å²) in [6, 6.07) is 0. The lowest BCUT2D eigenvalue weighted by Crippen LogP contribution is -2.43. The largest absolute Gasteiger partial charge is 0.376 e. The van der Waals surface area contributed by atoms with Crippen LogP contribution in [0, 0.1) is 5.92 Å². The van der Waals surface area contributed by atoms with Crippen LogP contribution in [0.5, 0.6) is 0 Å². The van der Waals surface area contributed by atoms with Gasteiger partial charge in [-0.1, -0.05) is 19.0 Å². The second kappa shape index (κ2) is 7.49. The van der Waals surface area contributed by atoms with Gasteiger partial charge in [0.2, 0.25) is 0 Å². The summed E-state index contributed by atoms with van der Waals surface area (Å²) >= 11 is 0. The molecule has 1 atom stereocenters. The topological polar surface area (TPSA) is 61.2 Å². The van der Waals surface area contributed by atoms with Crippen LogP contribution in [0.15, 0.2) is 5.11 Å². The molecular formula is C11H21N4O. The van der Waals surface area contributed by atoms with E-state index in [1.54, 1.807) is 0 Å². The van der Waals surface area contributed by atoms with Gasteiger partial charge in [0.15, 0.2) is 0 Å². The van der Waals surface area contributed by atoms with E-state index in [2.05, 4.69) is 28.8 Å². The lowest BCUT2D eigenvalue weighted by Gasteiger charge is -2.33. The number of azide groups is 1. The molecule has 0 aliphatic carbocycles. The molecule has 1 radical (unpaired) electrons. The SMILES string of the molecule is C[C](C)CN1CCO[C@H](CCCN=[N+]=[N-])C1. The van der Waals surface area contributed by atoms with Crippen LogP contribution in [0.4, 0.5) is 0 Å². The first kappa shape index (κ1) is 13.3. The molecule has 0 saturated carbocycles. The first-order valence-electron chi connectivity index (χ1n) is 5.86. The van der Waals surface area contributed by atoms with E-state index < -0.39 is 0 Å². The monoisotopic (exact) mass is 225 g/mol. The Hall–Kier alpha value is -0.770. The molecule has 5 nitrogen and oxygen atoms in total. The molecule has 0 unspecified atom stereocenters. The van der Waals surface area contributed by atoms with Gasteiger partial charge in [-0.2, -0.15) is 0 Å². The highest BCUT2D eigenvalue weighted by atomic mass is 16.5. The smallest absolute Gasteiger partial charge is 0.0702 e. The zero-order valence-corrected chi connectivity index (χ0v) is 10.2. The van der Waals surface area contributed by atoms with Crippen molar-refractivity contribution in [2.45, 2.75) is 32.8 Å². The van der Waals surface area contributed by atoms with Crippen molar-refractivity contribution in [3.63, 3.8) is 0 Å². The lowest BCUT2D eigenvalue weighted by molar-refractivity contribution is -0.0308. The fraction of sp³-hybridized carbons (Fsp3) is 0.909. The van der Waals surface area contributed by atoms with E-state index >= 15 is 0 Å². The third-order valence-electron chi connectivity index (χ3n) is 2.61. The third kappa shape index (κ3) is 5.35. The van der Waals surface area contributed by atoms with E-state index in [1.165, 1.54) is 5.92 Å². The maximum Gasteiger partial charge on any atom is 0.0702 e. The van der Waals surface area contributed by atoms with Crippen molar-refractivity contribution in [3.05, 3.63) is 16.4 Å². The van der Waals surface area contributed by atoms with Gasteiger partial charge < -0.3 is 4.74 Å². The Morgan fingerprint density at radius 3 is 3.06 bits per heavy atom. The number of rotatable bonds is 6. The van der Waals surface area contributed by atoms with E-state index in [0.717, 1.165) is 39.1 Å². The molecule has 0 bridgehead atoms.